The molecule has 0 saturated heterocycles. The van der Waals surface area contributed by atoms with Crippen molar-refractivity contribution >= 4 is 6.08 Å². The summed E-state index contributed by atoms with van der Waals surface area (Å²) in [6, 6.07) is -4.21. The molecule has 94 valence electrons. The maximum atomic E-state index is 12.7. The fourth-order valence-electron chi connectivity index (χ4n) is 0.954. The van der Waals surface area contributed by atoms with Gasteiger partial charge in [-0.15, -0.1) is 4.99 Å². The molecule has 0 heterocycles. The molecule has 16 heavy (non-hydrogen) atoms. The molecule has 0 rings (SSSR count). The Morgan fingerprint density at radius 2 is 1.69 bits per heavy atom. The number of hydrogen-bond donors (Lipinski definition) is 0. The smallest absolute Gasteiger partial charge is 0.238 e. The first-order valence-corrected chi connectivity index (χ1v) is 4.36. The van der Waals surface area contributed by atoms with Gasteiger partial charge in [-0.1, -0.05) is 0 Å². The molecular formula is C8H9F6NO. The van der Waals surface area contributed by atoms with Crippen molar-refractivity contribution in [3.63, 3.8) is 0 Å². The molecule has 1 unspecified atom stereocenters. The highest BCUT2D eigenvalue weighted by Crippen LogP contribution is 2.28. The van der Waals surface area contributed by atoms with Gasteiger partial charge in [-0.05, 0) is 19.3 Å². The van der Waals surface area contributed by atoms with Crippen molar-refractivity contribution in [2.45, 2.75) is 44.1 Å². The standard InChI is InChI=1S/C8H9F6NO/c9-6(8(13,14)15-5-16)3-1-2-4-7(10,11)12/h6H,1-4H2. The van der Waals surface area contributed by atoms with E-state index in [0.717, 1.165) is 0 Å². The Morgan fingerprint density at radius 3 is 2.12 bits per heavy atom. The summed E-state index contributed by atoms with van der Waals surface area (Å²) < 4.78 is 72.5. The van der Waals surface area contributed by atoms with Crippen LogP contribution in [0.2, 0.25) is 0 Å². The lowest BCUT2D eigenvalue weighted by atomic mass is 10.1. The SMILES string of the molecule is O=C=NC(F)(F)C(F)CCCCC(F)(F)F. The van der Waals surface area contributed by atoms with Gasteiger partial charge in [0.15, 0.2) is 6.17 Å². The third-order valence-electron chi connectivity index (χ3n) is 1.74. The molecule has 0 aromatic carbocycles. The van der Waals surface area contributed by atoms with Crippen LogP contribution in [0.15, 0.2) is 4.99 Å². The predicted molar refractivity (Wildman–Crippen MR) is 42.5 cm³/mol. The summed E-state index contributed by atoms with van der Waals surface area (Å²) in [5.41, 5.74) is 0. The molecule has 0 bridgehead atoms. The van der Waals surface area contributed by atoms with Crippen molar-refractivity contribution in [2.75, 3.05) is 0 Å². The number of isocyanates is 1. The largest absolute Gasteiger partial charge is 0.389 e. The van der Waals surface area contributed by atoms with Crippen LogP contribution in [0.3, 0.4) is 0 Å². The minimum Gasteiger partial charge on any atom is -0.238 e. The molecule has 0 N–H and O–H groups in total. The second-order valence-electron chi connectivity index (χ2n) is 3.12. The maximum Gasteiger partial charge on any atom is 0.389 e. The van der Waals surface area contributed by atoms with Crippen molar-refractivity contribution in [1.82, 2.24) is 0 Å². The van der Waals surface area contributed by atoms with E-state index < -0.39 is 37.7 Å². The van der Waals surface area contributed by atoms with Crippen molar-refractivity contribution < 1.29 is 31.1 Å². The lowest BCUT2D eigenvalue weighted by molar-refractivity contribution is -0.136. The third kappa shape index (κ3) is 6.44. The molecule has 2 nitrogen and oxygen atoms in total. The number of halogens is 6. The zero-order chi connectivity index (χ0) is 12.8. The van der Waals surface area contributed by atoms with E-state index in [4.69, 9.17) is 0 Å². The number of hydrogen-bond acceptors (Lipinski definition) is 2. The summed E-state index contributed by atoms with van der Waals surface area (Å²) in [6.07, 6.45) is -9.36. The van der Waals surface area contributed by atoms with Crippen LogP contribution in [0.1, 0.15) is 25.7 Å². The summed E-state index contributed by atoms with van der Waals surface area (Å²) in [5, 5.41) is 0. The second kappa shape index (κ2) is 5.89. The van der Waals surface area contributed by atoms with Crippen LogP contribution < -0.4 is 0 Å². The fourth-order valence-corrected chi connectivity index (χ4v) is 0.954. The molecule has 0 aliphatic heterocycles. The molecule has 0 amide bonds. The second-order valence-corrected chi connectivity index (χ2v) is 3.12. The van der Waals surface area contributed by atoms with Crippen LogP contribution in [0.25, 0.3) is 0 Å². The van der Waals surface area contributed by atoms with E-state index in [0.29, 0.717) is 6.08 Å². The fraction of sp³-hybridized carbons (Fsp3) is 0.875. The van der Waals surface area contributed by atoms with Crippen LogP contribution in [0.4, 0.5) is 26.3 Å². The Morgan fingerprint density at radius 1 is 1.12 bits per heavy atom. The van der Waals surface area contributed by atoms with Crippen LogP contribution in [0.5, 0.6) is 0 Å². The van der Waals surface area contributed by atoms with Crippen molar-refractivity contribution in [1.29, 1.82) is 0 Å². The van der Waals surface area contributed by atoms with Gasteiger partial charge in [-0.3, -0.25) is 0 Å². The van der Waals surface area contributed by atoms with Crippen molar-refractivity contribution in [2.24, 2.45) is 4.99 Å². The normalized spacial score (nSPS) is 14.4. The van der Waals surface area contributed by atoms with E-state index in [1.807, 2.05) is 4.99 Å². The topological polar surface area (TPSA) is 29.4 Å². The number of nitrogens with zero attached hydrogens (tertiary/aromatic N) is 1. The van der Waals surface area contributed by atoms with Gasteiger partial charge < -0.3 is 0 Å². The summed E-state index contributed by atoms with van der Waals surface area (Å²) in [7, 11) is 0. The Balaban J connectivity index is 3.90. The first-order valence-electron chi connectivity index (χ1n) is 4.36. The quantitative estimate of drug-likeness (QED) is 0.233. The lowest BCUT2D eigenvalue weighted by Gasteiger charge is -2.14. The zero-order valence-electron chi connectivity index (χ0n) is 8.03. The number of aliphatic imine (C=N–C) groups is 1. The maximum absolute atomic E-state index is 12.7. The molecule has 0 radical (unpaired) electrons. The van der Waals surface area contributed by atoms with E-state index in [1.165, 1.54) is 0 Å². The molecule has 8 heteroatoms. The highest BCUT2D eigenvalue weighted by molar-refractivity contribution is 5.33. The van der Waals surface area contributed by atoms with Crippen LogP contribution in [-0.2, 0) is 4.79 Å². The van der Waals surface area contributed by atoms with Crippen LogP contribution in [0, 0.1) is 0 Å². The lowest BCUT2D eigenvalue weighted by Crippen LogP contribution is -2.27. The molecule has 1 atom stereocenters. The van der Waals surface area contributed by atoms with E-state index in [2.05, 4.69) is 0 Å². The Hall–Kier alpha value is -1.04. The first-order chi connectivity index (χ1) is 7.19. The zero-order valence-corrected chi connectivity index (χ0v) is 8.03. The van der Waals surface area contributed by atoms with E-state index in [1.54, 1.807) is 0 Å². The third-order valence-corrected chi connectivity index (χ3v) is 1.74. The number of unbranched alkanes of at least 4 members (excludes halogenated alkanes) is 1. The molecule has 0 aromatic heterocycles. The van der Waals surface area contributed by atoms with Gasteiger partial charge in [-0.25, -0.2) is 9.18 Å². The Labute approximate surface area is 87.3 Å². The molecule has 0 aliphatic rings. The monoisotopic (exact) mass is 249 g/mol. The number of alkyl halides is 6. The van der Waals surface area contributed by atoms with Gasteiger partial charge in [0.25, 0.3) is 0 Å². The van der Waals surface area contributed by atoms with Crippen LogP contribution >= 0.6 is 0 Å². The summed E-state index contributed by atoms with van der Waals surface area (Å²) >= 11 is 0. The van der Waals surface area contributed by atoms with Crippen LogP contribution in [-0.4, -0.2) is 24.5 Å². The molecule has 0 fully saturated rings. The average molecular weight is 249 g/mol. The highest BCUT2D eigenvalue weighted by atomic mass is 19.4. The van der Waals surface area contributed by atoms with Gasteiger partial charge in [-0.2, -0.15) is 22.0 Å². The average Bonchev–Trinajstić information content (AvgIpc) is 2.10. The minimum atomic E-state index is -4.38. The molecule has 0 aliphatic carbocycles. The Kier molecular flexibility index (Phi) is 5.50. The van der Waals surface area contributed by atoms with Crippen molar-refractivity contribution in [3.8, 4) is 0 Å². The first kappa shape index (κ1) is 15.0. The van der Waals surface area contributed by atoms with Gasteiger partial charge in [0.2, 0.25) is 6.08 Å². The molecule has 0 saturated carbocycles. The molecular weight excluding hydrogens is 240 g/mol. The van der Waals surface area contributed by atoms with Gasteiger partial charge in [0.05, 0.1) is 0 Å². The number of rotatable bonds is 6. The molecule has 0 aromatic rings. The van der Waals surface area contributed by atoms with E-state index in [9.17, 15) is 31.1 Å². The summed E-state index contributed by atoms with van der Waals surface area (Å²) in [6.45, 7) is 0. The van der Waals surface area contributed by atoms with E-state index >= 15 is 0 Å². The van der Waals surface area contributed by atoms with E-state index in [-0.39, 0.29) is 6.42 Å². The van der Waals surface area contributed by atoms with Gasteiger partial charge in [0.1, 0.15) is 0 Å². The van der Waals surface area contributed by atoms with Gasteiger partial charge in [0, 0.05) is 6.42 Å². The highest BCUT2D eigenvalue weighted by Gasteiger charge is 2.39. The summed E-state index contributed by atoms with van der Waals surface area (Å²) in [5.74, 6) is 0. The minimum absolute atomic E-state index is 0.357. The van der Waals surface area contributed by atoms with Crippen molar-refractivity contribution in [3.05, 3.63) is 0 Å². The molecule has 0 spiro atoms. The predicted octanol–water partition coefficient (Wildman–Crippen LogP) is 3.38. The summed E-state index contributed by atoms with van der Waals surface area (Å²) in [4.78, 5) is 11.4. The Bertz CT molecular complexity index is 258. The van der Waals surface area contributed by atoms with Gasteiger partial charge >= 0.3 is 12.2 Å². The number of carbonyl (C=O) groups excluding carboxylic acids is 1.